The van der Waals surface area contributed by atoms with Gasteiger partial charge in [-0.05, 0) is 38.5 Å². The summed E-state index contributed by atoms with van der Waals surface area (Å²) in [5, 5.41) is 3.06. The summed E-state index contributed by atoms with van der Waals surface area (Å²) in [5.41, 5.74) is 4.70. The predicted octanol–water partition coefficient (Wildman–Crippen LogP) is 4.26. The highest BCUT2D eigenvalue weighted by Crippen LogP contribution is 2.41. The van der Waals surface area contributed by atoms with E-state index >= 15 is 0 Å². The molecule has 1 saturated heterocycles. The van der Waals surface area contributed by atoms with Crippen LogP contribution in [0.2, 0.25) is 0 Å². The second-order valence-corrected chi connectivity index (χ2v) is 9.55. The number of rotatable bonds is 5. The van der Waals surface area contributed by atoms with Crippen molar-refractivity contribution in [1.82, 2.24) is 14.9 Å². The molecule has 7 nitrogen and oxygen atoms in total. The van der Waals surface area contributed by atoms with Crippen LogP contribution in [0.5, 0.6) is 0 Å². The molecule has 0 spiro atoms. The standard InChI is InChI=1S/C20H24F3N5O2S2/c1-10-15(11-5-6-25-14(7-11)19(2,3)20(21,22)23)32-17(26-10)27-18(29)28-9-12(30-4)8-13(28)16(24)31/h5-7,12-13H,8-9H2,1-4H3,(H2,24,31)(H,26,27,29)/t12-,13+/m1/s1. The fourth-order valence-electron chi connectivity index (χ4n) is 3.40. The zero-order chi connectivity index (χ0) is 23.8. The van der Waals surface area contributed by atoms with Gasteiger partial charge in [-0.3, -0.25) is 10.3 Å². The maximum Gasteiger partial charge on any atom is 0.399 e. The number of nitrogens with one attached hydrogen (secondary N) is 1. The Morgan fingerprint density at radius 1 is 1.41 bits per heavy atom. The molecule has 12 heteroatoms. The SMILES string of the molecule is CO[C@@H]1C[C@@H](C(N)=S)N(C(=O)Nc2nc(C)c(-c3ccnc(C(C)(C)C(F)(F)F)c3)s2)C1. The van der Waals surface area contributed by atoms with Crippen LogP contribution >= 0.6 is 23.6 Å². The molecule has 0 unspecified atom stereocenters. The van der Waals surface area contributed by atoms with E-state index in [2.05, 4.69) is 15.3 Å². The molecule has 174 valence electrons. The molecule has 0 aliphatic carbocycles. The molecule has 2 atom stereocenters. The fourth-order valence-corrected chi connectivity index (χ4v) is 4.58. The largest absolute Gasteiger partial charge is 0.399 e. The lowest BCUT2D eigenvalue weighted by Crippen LogP contribution is -2.45. The lowest BCUT2D eigenvalue weighted by Gasteiger charge is -2.27. The van der Waals surface area contributed by atoms with E-state index in [0.29, 0.717) is 34.2 Å². The summed E-state index contributed by atoms with van der Waals surface area (Å²) in [4.78, 5) is 23.5. The van der Waals surface area contributed by atoms with Gasteiger partial charge in [-0.15, -0.1) is 0 Å². The van der Waals surface area contributed by atoms with E-state index in [4.69, 9.17) is 22.7 Å². The van der Waals surface area contributed by atoms with Gasteiger partial charge in [0.2, 0.25) is 0 Å². The number of hydrogen-bond acceptors (Lipinski definition) is 6. The second-order valence-electron chi connectivity index (χ2n) is 8.08. The van der Waals surface area contributed by atoms with Gasteiger partial charge in [0.1, 0.15) is 5.41 Å². The summed E-state index contributed by atoms with van der Waals surface area (Å²) >= 11 is 6.24. The van der Waals surface area contributed by atoms with Gasteiger partial charge in [0.15, 0.2) is 5.13 Å². The van der Waals surface area contributed by atoms with Gasteiger partial charge in [-0.25, -0.2) is 9.78 Å². The second kappa shape index (κ2) is 8.91. The number of ether oxygens (including phenoxy) is 1. The van der Waals surface area contributed by atoms with Gasteiger partial charge in [0.05, 0.1) is 33.4 Å². The number of thiocarbonyl (C=S) groups is 1. The van der Waals surface area contributed by atoms with Crippen molar-refractivity contribution in [3.63, 3.8) is 0 Å². The Morgan fingerprint density at radius 2 is 2.09 bits per heavy atom. The Labute approximate surface area is 193 Å². The third kappa shape index (κ3) is 4.71. The third-order valence-corrected chi connectivity index (χ3v) is 6.96. The number of halogens is 3. The van der Waals surface area contributed by atoms with Crippen LogP contribution in [0, 0.1) is 6.92 Å². The van der Waals surface area contributed by atoms with Crippen molar-refractivity contribution in [3.05, 3.63) is 29.7 Å². The Morgan fingerprint density at radius 3 is 2.69 bits per heavy atom. The number of thiazole rings is 1. The Kier molecular flexibility index (Phi) is 6.78. The zero-order valence-electron chi connectivity index (χ0n) is 18.0. The van der Waals surface area contributed by atoms with Crippen LogP contribution in [0.1, 0.15) is 31.7 Å². The van der Waals surface area contributed by atoms with Crippen LogP contribution in [0.15, 0.2) is 18.3 Å². The van der Waals surface area contributed by atoms with E-state index < -0.39 is 23.7 Å². The lowest BCUT2D eigenvalue weighted by atomic mass is 9.87. The van der Waals surface area contributed by atoms with Gasteiger partial charge in [-0.2, -0.15) is 13.2 Å². The number of aryl methyl sites for hydroxylation is 1. The van der Waals surface area contributed by atoms with Crippen molar-refractivity contribution >= 4 is 39.7 Å². The maximum atomic E-state index is 13.4. The zero-order valence-corrected chi connectivity index (χ0v) is 19.6. The third-order valence-electron chi connectivity index (χ3n) is 5.57. The molecule has 2 amide bonds. The number of carbonyl (C=O) groups excluding carboxylic acids is 1. The van der Waals surface area contributed by atoms with Crippen LogP contribution in [-0.4, -0.2) is 57.9 Å². The molecule has 3 N–H and O–H groups in total. The minimum atomic E-state index is -4.45. The molecule has 0 aromatic carbocycles. The fraction of sp³-hybridized carbons (Fsp3) is 0.500. The van der Waals surface area contributed by atoms with E-state index in [1.807, 2.05) is 0 Å². The van der Waals surface area contributed by atoms with Gasteiger partial charge >= 0.3 is 12.2 Å². The van der Waals surface area contributed by atoms with Crippen molar-refractivity contribution in [2.24, 2.45) is 5.73 Å². The number of nitrogens with two attached hydrogens (primary N) is 1. The first-order chi connectivity index (χ1) is 14.8. The van der Waals surface area contributed by atoms with E-state index in [1.54, 1.807) is 20.1 Å². The number of urea groups is 1. The number of pyridine rings is 1. The quantitative estimate of drug-likeness (QED) is 0.612. The first-order valence-corrected chi connectivity index (χ1v) is 11.0. The Bertz CT molecular complexity index is 1020. The van der Waals surface area contributed by atoms with Gasteiger partial charge < -0.3 is 15.4 Å². The highest BCUT2D eigenvalue weighted by atomic mass is 32.1. The number of carbonyl (C=O) groups is 1. The molecule has 1 aliphatic heterocycles. The Hall–Kier alpha value is -2.31. The summed E-state index contributed by atoms with van der Waals surface area (Å²) in [7, 11) is 1.56. The molecular formula is C20H24F3N5O2S2. The molecule has 2 aromatic heterocycles. The minimum Gasteiger partial charge on any atom is -0.392 e. The number of amides is 2. The van der Waals surface area contributed by atoms with Crippen LogP contribution < -0.4 is 11.1 Å². The smallest absolute Gasteiger partial charge is 0.392 e. The number of anilines is 1. The Balaban J connectivity index is 1.84. The molecule has 1 fully saturated rings. The van der Waals surface area contributed by atoms with Crippen molar-refractivity contribution in [1.29, 1.82) is 0 Å². The number of methoxy groups -OCH3 is 1. The highest BCUT2D eigenvalue weighted by Gasteiger charge is 2.49. The molecule has 32 heavy (non-hydrogen) atoms. The first kappa shape index (κ1) is 24.3. The number of alkyl halides is 3. The van der Waals surface area contributed by atoms with Crippen LogP contribution in [0.4, 0.5) is 23.1 Å². The summed E-state index contributed by atoms with van der Waals surface area (Å²) in [5.74, 6) is 0. The number of likely N-dealkylation sites (tertiary alicyclic amines) is 1. The van der Waals surface area contributed by atoms with Crippen molar-refractivity contribution in [3.8, 4) is 10.4 Å². The lowest BCUT2D eigenvalue weighted by molar-refractivity contribution is -0.181. The van der Waals surface area contributed by atoms with Crippen molar-refractivity contribution in [2.45, 2.75) is 50.9 Å². The highest BCUT2D eigenvalue weighted by molar-refractivity contribution is 7.80. The maximum absolute atomic E-state index is 13.4. The molecule has 0 radical (unpaired) electrons. The number of hydrogen-bond donors (Lipinski definition) is 2. The molecule has 0 bridgehead atoms. The van der Waals surface area contributed by atoms with Gasteiger partial charge in [0.25, 0.3) is 0 Å². The number of aromatic nitrogens is 2. The first-order valence-electron chi connectivity index (χ1n) is 9.76. The monoisotopic (exact) mass is 487 g/mol. The molecule has 3 heterocycles. The van der Waals surface area contributed by atoms with Gasteiger partial charge in [-0.1, -0.05) is 23.6 Å². The summed E-state index contributed by atoms with van der Waals surface area (Å²) < 4.78 is 45.7. The molecule has 2 aromatic rings. The summed E-state index contributed by atoms with van der Waals surface area (Å²) in [6.07, 6.45) is -2.77. The van der Waals surface area contributed by atoms with Crippen LogP contribution in [0.25, 0.3) is 10.4 Å². The molecular weight excluding hydrogens is 463 g/mol. The number of nitrogens with zero attached hydrogens (tertiary/aromatic N) is 3. The average molecular weight is 488 g/mol. The van der Waals surface area contributed by atoms with E-state index in [0.717, 1.165) is 13.8 Å². The molecule has 0 saturated carbocycles. The van der Waals surface area contributed by atoms with E-state index in [9.17, 15) is 18.0 Å². The topological polar surface area (TPSA) is 93.4 Å². The summed E-state index contributed by atoms with van der Waals surface area (Å²) in [6, 6.07) is 2.18. The average Bonchev–Trinajstić information content (AvgIpc) is 3.31. The van der Waals surface area contributed by atoms with E-state index in [-0.39, 0.29) is 16.8 Å². The van der Waals surface area contributed by atoms with Crippen LogP contribution in [-0.2, 0) is 10.2 Å². The van der Waals surface area contributed by atoms with Crippen molar-refractivity contribution in [2.75, 3.05) is 19.0 Å². The summed E-state index contributed by atoms with van der Waals surface area (Å²) in [6.45, 7) is 4.24. The van der Waals surface area contributed by atoms with E-state index in [1.165, 1.54) is 28.5 Å². The van der Waals surface area contributed by atoms with Crippen molar-refractivity contribution < 1.29 is 22.7 Å². The molecule has 3 rings (SSSR count). The predicted molar refractivity (Wildman–Crippen MR) is 121 cm³/mol. The molecule has 1 aliphatic rings. The normalized spacial score (nSPS) is 19.3. The minimum absolute atomic E-state index is 0.0946. The van der Waals surface area contributed by atoms with Gasteiger partial charge in [0, 0.05) is 26.3 Å². The van der Waals surface area contributed by atoms with Crippen LogP contribution in [0.3, 0.4) is 0 Å².